The Bertz CT molecular complexity index is 803. The van der Waals surface area contributed by atoms with Gasteiger partial charge in [-0.1, -0.05) is 12.1 Å². The van der Waals surface area contributed by atoms with E-state index in [1.165, 1.54) is 12.4 Å². The fourth-order valence-corrected chi connectivity index (χ4v) is 2.49. The van der Waals surface area contributed by atoms with Gasteiger partial charge >= 0.3 is 0 Å². The number of nitro benzene ring substituents is 1. The number of rotatable bonds is 4. The van der Waals surface area contributed by atoms with Gasteiger partial charge in [0, 0.05) is 23.7 Å². The highest BCUT2D eigenvalue weighted by Crippen LogP contribution is 2.27. The van der Waals surface area contributed by atoms with E-state index in [1.54, 1.807) is 6.07 Å². The van der Waals surface area contributed by atoms with Crippen molar-refractivity contribution in [2.24, 2.45) is 0 Å². The van der Waals surface area contributed by atoms with E-state index in [2.05, 4.69) is 10.1 Å². The summed E-state index contributed by atoms with van der Waals surface area (Å²) in [6.07, 6.45) is 3.35. The van der Waals surface area contributed by atoms with Gasteiger partial charge < -0.3 is 4.57 Å². The number of para-hydroxylation sites is 1. The molecule has 7 heteroatoms. The third-order valence-electron chi connectivity index (χ3n) is 3.41. The van der Waals surface area contributed by atoms with Crippen LogP contribution >= 0.6 is 0 Å². The topological polar surface area (TPSA) is 78.8 Å². The Hall–Kier alpha value is -2.70. The van der Waals surface area contributed by atoms with Crippen molar-refractivity contribution in [2.45, 2.75) is 26.4 Å². The Morgan fingerprint density at radius 1 is 1.33 bits per heavy atom. The minimum atomic E-state index is -0.355. The molecule has 0 saturated carbocycles. The monoisotopic (exact) mass is 285 g/mol. The summed E-state index contributed by atoms with van der Waals surface area (Å²) in [5.41, 5.74) is 0.717. The number of hydrogen-bond acceptors (Lipinski definition) is 4. The van der Waals surface area contributed by atoms with Crippen LogP contribution in [-0.4, -0.2) is 24.3 Å². The second-order valence-corrected chi connectivity index (χ2v) is 5.13. The lowest BCUT2D eigenvalue weighted by Gasteiger charge is -2.10. The third kappa shape index (κ3) is 2.26. The summed E-state index contributed by atoms with van der Waals surface area (Å²) in [5.74, 6) is 0.778. The smallest absolute Gasteiger partial charge is 0.293 e. The van der Waals surface area contributed by atoms with E-state index in [9.17, 15) is 10.1 Å². The molecule has 0 spiro atoms. The molecule has 1 aromatic carbocycles. The van der Waals surface area contributed by atoms with Crippen LogP contribution in [0.3, 0.4) is 0 Å². The Labute approximate surface area is 121 Å². The SMILES string of the molecule is CC(C)n1ncnc1Cn1ccc2cccc([N+](=O)[O-])c21. The number of aromatic nitrogens is 4. The Morgan fingerprint density at radius 3 is 2.86 bits per heavy atom. The highest BCUT2D eigenvalue weighted by Gasteiger charge is 2.17. The van der Waals surface area contributed by atoms with Crippen molar-refractivity contribution in [1.82, 2.24) is 19.3 Å². The molecule has 0 aliphatic heterocycles. The van der Waals surface area contributed by atoms with Crippen LogP contribution in [0.1, 0.15) is 25.7 Å². The van der Waals surface area contributed by atoms with Gasteiger partial charge in [0.15, 0.2) is 0 Å². The minimum Gasteiger partial charge on any atom is -0.334 e. The van der Waals surface area contributed by atoms with Gasteiger partial charge in [0.05, 0.1) is 11.5 Å². The second-order valence-electron chi connectivity index (χ2n) is 5.13. The fourth-order valence-electron chi connectivity index (χ4n) is 2.49. The zero-order valence-corrected chi connectivity index (χ0v) is 11.8. The summed E-state index contributed by atoms with van der Waals surface area (Å²) in [4.78, 5) is 15.1. The molecule has 0 N–H and O–H groups in total. The molecule has 0 aliphatic carbocycles. The van der Waals surface area contributed by atoms with Crippen molar-refractivity contribution in [1.29, 1.82) is 0 Å². The molecule has 0 saturated heterocycles. The first-order valence-corrected chi connectivity index (χ1v) is 6.68. The minimum absolute atomic E-state index is 0.105. The van der Waals surface area contributed by atoms with Crippen molar-refractivity contribution in [3.8, 4) is 0 Å². The third-order valence-corrected chi connectivity index (χ3v) is 3.41. The summed E-state index contributed by atoms with van der Waals surface area (Å²) < 4.78 is 3.66. The van der Waals surface area contributed by atoms with Gasteiger partial charge in [-0.05, 0) is 19.9 Å². The lowest BCUT2D eigenvalue weighted by atomic mass is 10.2. The molecule has 0 unspecified atom stereocenters. The van der Waals surface area contributed by atoms with Crippen LogP contribution in [-0.2, 0) is 6.54 Å². The zero-order chi connectivity index (χ0) is 15.0. The number of fused-ring (bicyclic) bond motifs is 1. The highest BCUT2D eigenvalue weighted by atomic mass is 16.6. The summed E-state index contributed by atoms with van der Waals surface area (Å²) in [5, 5.41) is 16.2. The first-order valence-electron chi connectivity index (χ1n) is 6.68. The van der Waals surface area contributed by atoms with E-state index in [0.29, 0.717) is 12.1 Å². The van der Waals surface area contributed by atoms with Crippen molar-refractivity contribution in [3.63, 3.8) is 0 Å². The van der Waals surface area contributed by atoms with Gasteiger partial charge in [0.25, 0.3) is 5.69 Å². The standard InChI is InChI=1S/C14H15N5O2/c1-10(2)18-13(15-9-16-18)8-17-7-6-11-4-3-5-12(14(11)17)19(20)21/h3-7,9-10H,8H2,1-2H3. The number of hydrogen-bond donors (Lipinski definition) is 0. The number of benzene rings is 1. The van der Waals surface area contributed by atoms with Crippen LogP contribution in [0.25, 0.3) is 10.9 Å². The maximum absolute atomic E-state index is 11.2. The normalized spacial score (nSPS) is 11.4. The van der Waals surface area contributed by atoms with Gasteiger partial charge in [-0.3, -0.25) is 10.1 Å². The van der Waals surface area contributed by atoms with Gasteiger partial charge in [-0.2, -0.15) is 5.10 Å². The molecule has 0 bridgehead atoms. The van der Waals surface area contributed by atoms with Crippen molar-refractivity contribution in [3.05, 3.63) is 52.7 Å². The molecule has 0 radical (unpaired) electrons. The zero-order valence-electron chi connectivity index (χ0n) is 11.8. The second kappa shape index (κ2) is 5.01. The first-order chi connectivity index (χ1) is 10.1. The molecule has 0 aliphatic rings. The lowest BCUT2D eigenvalue weighted by molar-refractivity contribution is -0.383. The van der Waals surface area contributed by atoms with E-state index in [0.717, 1.165) is 11.2 Å². The predicted molar refractivity (Wildman–Crippen MR) is 78.1 cm³/mol. The summed E-state index contributed by atoms with van der Waals surface area (Å²) in [6, 6.07) is 7.15. The lowest BCUT2D eigenvalue weighted by Crippen LogP contribution is -2.11. The molecule has 3 aromatic rings. The van der Waals surface area contributed by atoms with Crippen LogP contribution < -0.4 is 0 Å². The number of nitro groups is 1. The van der Waals surface area contributed by atoms with E-state index in [-0.39, 0.29) is 16.7 Å². The van der Waals surface area contributed by atoms with Crippen molar-refractivity contribution >= 4 is 16.6 Å². The highest BCUT2D eigenvalue weighted by molar-refractivity contribution is 5.88. The van der Waals surface area contributed by atoms with E-state index >= 15 is 0 Å². The quantitative estimate of drug-likeness (QED) is 0.545. The molecule has 108 valence electrons. The maximum atomic E-state index is 11.2. The van der Waals surface area contributed by atoms with E-state index < -0.39 is 0 Å². The van der Waals surface area contributed by atoms with Crippen molar-refractivity contribution < 1.29 is 4.92 Å². The van der Waals surface area contributed by atoms with Crippen LogP contribution in [0.5, 0.6) is 0 Å². The molecular formula is C14H15N5O2. The summed E-state index contributed by atoms with van der Waals surface area (Å²) >= 11 is 0. The van der Waals surface area contributed by atoms with Gasteiger partial charge in [-0.25, -0.2) is 9.67 Å². The molecule has 0 fully saturated rings. The Morgan fingerprint density at radius 2 is 2.14 bits per heavy atom. The summed E-state index contributed by atoms with van der Waals surface area (Å²) in [7, 11) is 0. The Kier molecular flexibility index (Phi) is 3.17. The average molecular weight is 285 g/mol. The molecule has 2 heterocycles. The van der Waals surface area contributed by atoms with Gasteiger partial charge in [0.2, 0.25) is 0 Å². The van der Waals surface area contributed by atoms with E-state index in [4.69, 9.17) is 0 Å². The number of nitrogens with zero attached hydrogens (tertiary/aromatic N) is 5. The first kappa shape index (κ1) is 13.3. The number of non-ortho nitro benzene ring substituents is 1. The maximum Gasteiger partial charge on any atom is 0.293 e. The molecule has 0 amide bonds. The predicted octanol–water partition coefficient (Wildman–Crippen LogP) is 2.77. The molecule has 7 nitrogen and oxygen atoms in total. The van der Waals surface area contributed by atoms with Crippen LogP contribution in [0.2, 0.25) is 0 Å². The molecular weight excluding hydrogens is 270 g/mol. The summed E-state index contributed by atoms with van der Waals surface area (Å²) in [6.45, 7) is 4.50. The largest absolute Gasteiger partial charge is 0.334 e. The fraction of sp³-hybridized carbons (Fsp3) is 0.286. The van der Waals surface area contributed by atoms with Crippen LogP contribution in [0, 0.1) is 10.1 Å². The van der Waals surface area contributed by atoms with Gasteiger partial charge in [0.1, 0.15) is 17.7 Å². The van der Waals surface area contributed by atoms with Gasteiger partial charge in [-0.15, -0.1) is 0 Å². The Balaban J connectivity index is 2.09. The molecule has 21 heavy (non-hydrogen) atoms. The van der Waals surface area contributed by atoms with Crippen LogP contribution in [0.4, 0.5) is 5.69 Å². The molecule has 3 rings (SSSR count). The molecule has 0 atom stereocenters. The average Bonchev–Trinajstić information content (AvgIpc) is 3.06. The van der Waals surface area contributed by atoms with E-state index in [1.807, 2.05) is 41.4 Å². The van der Waals surface area contributed by atoms with Crippen molar-refractivity contribution in [2.75, 3.05) is 0 Å². The molecule has 2 aromatic heterocycles. The van der Waals surface area contributed by atoms with Crippen LogP contribution in [0.15, 0.2) is 36.8 Å².